The molecule has 0 saturated carbocycles. The molecular formula is C20H13N. The molecule has 0 bridgehead atoms. The molecule has 0 amide bonds. The van der Waals surface area contributed by atoms with Crippen LogP contribution in [0.1, 0.15) is 16.7 Å². The lowest BCUT2D eigenvalue weighted by molar-refractivity contribution is 1.26. The van der Waals surface area contributed by atoms with Crippen LogP contribution in [0.4, 0.5) is 0 Å². The molecule has 0 radical (unpaired) electrons. The van der Waals surface area contributed by atoms with Crippen LogP contribution in [-0.4, -0.2) is 0 Å². The quantitative estimate of drug-likeness (QED) is 0.486. The highest BCUT2D eigenvalue weighted by molar-refractivity contribution is 5.84. The number of fused-ring (bicyclic) bond motifs is 3. The van der Waals surface area contributed by atoms with Gasteiger partial charge in [-0.1, -0.05) is 54.6 Å². The zero-order chi connectivity index (χ0) is 14.2. The predicted molar refractivity (Wildman–Crippen MR) is 84.8 cm³/mol. The Morgan fingerprint density at radius 3 is 2.43 bits per heavy atom. The lowest BCUT2D eigenvalue weighted by Gasteiger charge is -2.09. The van der Waals surface area contributed by atoms with E-state index < -0.39 is 0 Å². The van der Waals surface area contributed by atoms with Crippen LogP contribution >= 0.6 is 0 Å². The van der Waals surface area contributed by atoms with E-state index in [2.05, 4.69) is 54.6 Å². The summed E-state index contributed by atoms with van der Waals surface area (Å²) < 4.78 is 0. The van der Waals surface area contributed by atoms with E-state index in [1.165, 1.54) is 27.8 Å². The summed E-state index contributed by atoms with van der Waals surface area (Å²) in [6, 6.07) is 25.1. The topological polar surface area (TPSA) is 23.8 Å². The van der Waals surface area contributed by atoms with Crippen molar-refractivity contribution in [3.63, 3.8) is 0 Å². The van der Waals surface area contributed by atoms with E-state index in [0.717, 1.165) is 12.0 Å². The van der Waals surface area contributed by atoms with Crippen molar-refractivity contribution >= 4 is 0 Å². The van der Waals surface area contributed by atoms with Crippen LogP contribution in [0.15, 0.2) is 66.7 Å². The van der Waals surface area contributed by atoms with E-state index in [1.54, 1.807) is 0 Å². The fourth-order valence-electron chi connectivity index (χ4n) is 3.18. The van der Waals surface area contributed by atoms with Gasteiger partial charge in [0, 0.05) is 0 Å². The zero-order valence-electron chi connectivity index (χ0n) is 11.5. The van der Waals surface area contributed by atoms with Gasteiger partial charge in [-0.2, -0.15) is 5.26 Å². The van der Waals surface area contributed by atoms with Crippen molar-refractivity contribution < 1.29 is 0 Å². The molecule has 0 N–H and O–H groups in total. The molecule has 0 saturated heterocycles. The Morgan fingerprint density at radius 2 is 1.52 bits per heavy atom. The van der Waals surface area contributed by atoms with E-state index in [-0.39, 0.29) is 0 Å². The Bertz CT molecular complexity index is 884. The van der Waals surface area contributed by atoms with E-state index in [9.17, 15) is 0 Å². The molecule has 0 atom stereocenters. The summed E-state index contributed by atoms with van der Waals surface area (Å²) >= 11 is 0. The first-order valence-electron chi connectivity index (χ1n) is 7.07. The molecular weight excluding hydrogens is 254 g/mol. The number of nitrogens with zero attached hydrogens (tertiary/aromatic N) is 1. The first-order valence-corrected chi connectivity index (χ1v) is 7.07. The number of benzene rings is 3. The lowest BCUT2D eigenvalue weighted by atomic mass is 9.95. The van der Waals surface area contributed by atoms with E-state index in [1.807, 2.05) is 18.2 Å². The third-order valence-electron chi connectivity index (χ3n) is 4.15. The fourth-order valence-corrected chi connectivity index (χ4v) is 3.18. The van der Waals surface area contributed by atoms with Crippen LogP contribution in [0.25, 0.3) is 22.3 Å². The van der Waals surface area contributed by atoms with Crippen LogP contribution in [0, 0.1) is 11.3 Å². The number of rotatable bonds is 1. The second-order valence-electron chi connectivity index (χ2n) is 5.36. The van der Waals surface area contributed by atoms with E-state index in [4.69, 9.17) is 5.26 Å². The maximum Gasteiger partial charge on any atom is 0.0991 e. The summed E-state index contributed by atoms with van der Waals surface area (Å²) in [7, 11) is 0. The van der Waals surface area contributed by atoms with Crippen LogP contribution in [-0.2, 0) is 6.42 Å². The molecule has 0 unspecified atom stereocenters. The lowest BCUT2D eigenvalue weighted by Crippen LogP contribution is -1.88. The molecule has 1 aliphatic rings. The Morgan fingerprint density at radius 1 is 0.762 bits per heavy atom. The second kappa shape index (κ2) is 4.61. The number of hydrogen-bond acceptors (Lipinski definition) is 1. The minimum atomic E-state index is 0.709. The molecule has 4 rings (SSSR count). The summed E-state index contributed by atoms with van der Waals surface area (Å²) in [5.41, 5.74) is 8.49. The van der Waals surface area contributed by atoms with Crippen molar-refractivity contribution in [3.05, 3.63) is 83.4 Å². The second-order valence-corrected chi connectivity index (χ2v) is 5.36. The highest BCUT2D eigenvalue weighted by Gasteiger charge is 2.20. The average Bonchev–Trinajstić information content (AvgIpc) is 2.93. The van der Waals surface area contributed by atoms with Gasteiger partial charge in [-0.3, -0.25) is 0 Å². The van der Waals surface area contributed by atoms with Crippen LogP contribution in [0.3, 0.4) is 0 Å². The zero-order valence-corrected chi connectivity index (χ0v) is 11.5. The average molecular weight is 267 g/mol. The van der Waals surface area contributed by atoms with Gasteiger partial charge in [-0.15, -0.1) is 0 Å². The summed E-state index contributed by atoms with van der Waals surface area (Å²) in [6.07, 6.45) is 0.971. The molecule has 1 aliphatic carbocycles. The van der Waals surface area contributed by atoms with Crippen molar-refractivity contribution in [3.8, 4) is 28.3 Å². The molecule has 0 fully saturated rings. The van der Waals surface area contributed by atoms with Gasteiger partial charge in [-0.05, 0) is 51.9 Å². The van der Waals surface area contributed by atoms with Crippen molar-refractivity contribution in [2.24, 2.45) is 0 Å². The normalized spacial score (nSPS) is 11.6. The van der Waals surface area contributed by atoms with E-state index in [0.29, 0.717) is 5.56 Å². The van der Waals surface area contributed by atoms with Crippen molar-refractivity contribution in [2.45, 2.75) is 6.42 Å². The van der Waals surface area contributed by atoms with Gasteiger partial charge in [-0.25, -0.2) is 0 Å². The predicted octanol–water partition coefficient (Wildman–Crippen LogP) is 4.80. The van der Waals surface area contributed by atoms with Crippen molar-refractivity contribution in [1.82, 2.24) is 0 Å². The molecule has 21 heavy (non-hydrogen) atoms. The minimum absolute atomic E-state index is 0.709. The van der Waals surface area contributed by atoms with Gasteiger partial charge < -0.3 is 0 Å². The summed E-state index contributed by atoms with van der Waals surface area (Å²) in [4.78, 5) is 0. The molecule has 98 valence electrons. The summed E-state index contributed by atoms with van der Waals surface area (Å²) in [5.74, 6) is 0. The molecule has 0 heterocycles. The SMILES string of the molecule is N#Cc1cccc(-c2cccc3c2Cc2ccccc2-3)c1. The maximum atomic E-state index is 9.09. The van der Waals surface area contributed by atoms with Gasteiger partial charge in [0.25, 0.3) is 0 Å². The number of hydrogen-bond donors (Lipinski definition) is 0. The first-order chi connectivity index (χ1) is 10.4. The highest BCUT2D eigenvalue weighted by atomic mass is 14.3. The first kappa shape index (κ1) is 11.9. The molecule has 0 aromatic heterocycles. The Labute approximate surface area is 124 Å². The van der Waals surface area contributed by atoms with Crippen molar-refractivity contribution in [1.29, 1.82) is 5.26 Å². The van der Waals surface area contributed by atoms with Gasteiger partial charge in [0.2, 0.25) is 0 Å². The van der Waals surface area contributed by atoms with Crippen molar-refractivity contribution in [2.75, 3.05) is 0 Å². The molecule has 3 aromatic rings. The third kappa shape index (κ3) is 1.85. The molecule has 1 heteroatoms. The van der Waals surface area contributed by atoms with E-state index >= 15 is 0 Å². The Kier molecular flexibility index (Phi) is 2.62. The van der Waals surface area contributed by atoms with Crippen LogP contribution < -0.4 is 0 Å². The summed E-state index contributed by atoms with van der Waals surface area (Å²) in [6.45, 7) is 0. The Balaban J connectivity index is 1.92. The smallest absolute Gasteiger partial charge is 0.0991 e. The maximum absolute atomic E-state index is 9.09. The fraction of sp³-hybridized carbons (Fsp3) is 0.0500. The molecule has 3 aromatic carbocycles. The largest absolute Gasteiger partial charge is 0.192 e. The van der Waals surface area contributed by atoms with Gasteiger partial charge in [0.05, 0.1) is 11.6 Å². The number of nitriles is 1. The summed E-state index contributed by atoms with van der Waals surface area (Å²) in [5, 5.41) is 9.09. The van der Waals surface area contributed by atoms with Crippen LogP contribution in [0.2, 0.25) is 0 Å². The van der Waals surface area contributed by atoms with Gasteiger partial charge in [0.1, 0.15) is 0 Å². The monoisotopic (exact) mass is 267 g/mol. The molecule has 0 spiro atoms. The Hall–Kier alpha value is -2.85. The van der Waals surface area contributed by atoms with Crippen LogP contribution in [0.5, 0.6) is 0 Å². The molecule has 1 nitrogen and oxygen atoms in total. The highest BCUT2D eigenvalue weighted by Crippen LogP contribution is 2.41. The molecule has 0 aliphatic heterocycles. The standard InChI is InChI=1S/C20H13N/c21-13-14-5-3-7-15(11-14)18-9-4-10-19-17-8-2-1-6-16(17)12-20(18)19/h1-11H,12H2. The third-order valence-corrected chi connectivity index (χ3v) is 4.15. The van der Waals surface area contributed by atoms with Gasteiger partial charge >= 0.3 is 0 Å². The minimum Gasteiger partial charge on any atom is -0.192 e. The van der Waals surface area contributed by atoms with Gasteiger partial charge in [0.15, 0.2) is 0 Å².